The van der Waals surface area contributed by atoms with Crippen LogP contribution in [-0.2, 0) is 9.84 Å². The maximum Gasteiger partial charge on any atom is 0.154 e. The van der Waals surface area contributed by atoms with Crippen LogP contribution >= 0.6 is 15.9 Å². The van der Waals surface area contributed by atoms with Crippen molar-refractivity contribution in [2.24, 2.45) is 0 Å². The Labute approximate surface area is 104 Å². The number of halogens is 1. The molecule has 88 valence electrons. The lowest BCUT2D eigenvalue weighted by molar-refractivity contribution is 0.229. The van der Waals surface area contributed by atoms with Gasteiger partial charge in [-0.15, -0.1) is 0 Å². The normalized spacial score (nSPS) is 23.2. The van der Waals surface area contributed by atoms with E-state index in [0.29, 0.717) is 6.42 Å². The molecule has 16 heavy (non-hydrogen) atoms. The van der Waals surface area contributed by atoms with Crippen LogP contribution in [0, 0.1) is 6.92 Å². The lowest BCUT2D eigenvalue weighted by atomic mass is 10.2. The molecule has 1 saturated heterocycles. The second kappa shape index (κ2) is 4.37. The molecule has 3 nitrogen and oxygen atoms in total. The standard InChI is InChI=1S/C11H13BrO3S/c1-8-6-9(2-3-11(8)12)15-10-4-5-16(13,14)7-10/h2-3,6,10H,4-5,7H2,1H3. The van der Waals surface area contributed by atoms with Crippen LogP contribution < -0.4 is 4.74 Å². The number of aryl methyl sites for hydroxylation is 1. The second-order valence-electron chi connectivity index (χ2n) is 4.05. The van der Waals surface area contributed by atoms with Gasteiger partial charge in [-0.3, -0.25) is 0 Å². The average molecular weight is 305 g/mol. The number of hydrogen-bond donors (Lipinski definition) is 0. The Balaban J connectivity index is 2.08. The van der Waals surface area contributed by atoms with Crippen LogP contribution in [0.5, 0.6) is 5.75 Å². The van der Waals surface area contributed by atoms with Crippen molar-refractivity contribution < 1.29 is 13.2 Å². The monoisotopic (exact) mass is 304 g/mol. The Morgan fingerprint density at radius 3 is 2.75 bits per heavy atom. The highest BCUT2D eigenvalue weighted by atomic mass is 79.9. The quantitative estimate of drug-likeness (QED) is 0.842. The fourth-order valence-corrected chi connectivity index (χ4v) is 3.57. The molecule has 0 aliphatic carbocycles. The number of hydrogen-bond acceptors (Lipinski definition) is 3. The van der Waals surface area contributed by atoms with E-state index in [1.165, 1.54) is 0 Å². The molecule has 5 heteroatoms. The fraction of sp³-hybridized carbons (Fsp3) is 0.455. The summed E-state index contributed by atoms with van der Waals surface area (Å²) >= 11 is 3.41. The van der Waals surface area contributed by atoms with E-state index in [9.17, 15) is 8.42 Å². The molecule has 1 heterocycles. The van der Waals surface area contributed by atoms with Crippen LogP contribution in [0.3, 0.4) is 0 Å². The summed E-state index contributed by atoms with van der Waals surface area (Å²) in [7, 11) is -2.87. The van der Waals surface area contributed by atoms with Crippen LogP contribution in [0.15, 0.2) is 22.7 Å². The molecular formula is C11H13BrO3S. The van der Waals surface area contributed by atoms with Gasteiger partial charge in [0.05, 0.1) is 11.5 Å². The van der Waals surface area contributed by atoms with Crippen molar-refractivity contribution in [1.29, 1.82) is 0 Å². The molecule has 2 rings (SSSR count). The largest absolute Gasteiger partial charge is 0.489 e. The summed E-state index contributed by atoms with van der Waals surface area (Å²) in [5.41, 5.74) is 1.08. The molecule has 1 unspecified atom stereocenters. The highest BCUT2D eigenvalue weighted by molar-refractivity contribution is 9.10. The zero-order valence-electron chi connectivity index (χ0n) is 8.94. The van der Waals surface area contributed by atoms with E-state index in [4.69, 9.17) is 4.74 Å². The van der Waals surface area contributed by atoms with E-state index in [1.807, 2.05) is 25.1 Å². The third-order valence-electron chi connectivity index (χ3n) is 2.62. The Morgan fingerprint density at radius 2 is 2.19 bits per heavy atom. The number of sulfone groups is 1. The van der Waals surface area contributed by atoms with Gasteiger partial charge in [-0.25, -0.2) is 8.42 Å². The minimum atomic E-state index is -2.87. The predicted molar refractivity (Wildman–Crippen MR) is 66.6 cm³/mol. The van der Waals surface area contributed by atoms with E-state index in [2.05, 4.69) is 15.9 Å². The van der Waals surface area contributed by atoms with Crippen molar-refractivity contribution >= 4 is 25.8 Å². The third kappa shape index (κ3) is 2.77. The van der Waals surface area contributed by atoms with Gasteiger partial charge in [-0.05, 0) is 37.1 Å². The highest BCUT2D eigenvalue weighted by Crippen LogP contribution is 2.24. The maximum absolute atomic E-state index is 11.3. The zero-order valence-corrected chi connectivity index (χ0v) is 11.3. The van der Waals surface area contributed by atoms with Gasteiger partial charge in [0, 0.05) is 4.47 Å². The van der Waals surface area contributed by atoms with Gasteiger partial charge < -0.3 is 4.74 Å². The molecule has 0 bridgehead atoms. The number of ether oxygens (including phenoxy) is 1. The first kappa shape index (κ1) is 11.9. The lowest BCUT2D eigenvalue weighted by Gasteiger charge is -2.12. The van der Waals surface area contributed by atoms with Crippen molar-refractivity contribution in [2.75, 3.05) is 11.5 Å². The minimum absolute atomic E-state index is 0.141. The molecule has 1 aromatic carbocycles. The number of rotatable bonds is 2. The topological polar surface area (TPSA) is 43.4 Å². The van der Waals surface area contributed by atoms with Crippen molar-refractivity contribution in [2.45, 2.75) is 19.4 Å². The molecule has 1 atom stereocenters. The summed E-state index contributed by atoms with van der Waals surface area (Å²) in [6.07, 6.45) is 0.405. The number of benzene rings is 1. The Hall–Kier alpha value is -0.550. The van der Waals surface area contributed by atoms with Crippen molar-refractivity contribution in [3.63, 3.8) is 0 Å². The first-order valence-electron chi connectivity index (χ1n) is 5.09. The average Bonchev–Trinajstić information content (AvgIpc) is 2.52. The Kier molecular flexibility index (Phi) is 3.26. The Bertz CT molecular complexity index is 496. The van der Waals surface area contributed by atoms with Gasteiger partial charge in [0.1, 0.15) is 11.9 Å². The zero-order chi connectivity index (χ0) is 11.8. The van der Waals surface area contributed by atoms with E-state index in [1.54, 1.807) is 0 Å². The summed E-state index contributed by atoms with van der Waals surface area (Å²) in [4.78, 5) is 0. The van der Waals surface area contributed by atoms with Gasteiger partial charge in [0.2, 0.25) is 0 Å². The Morgan fingerprint density at radius 1 is 1.44 bits per heavy atom. The predicted octanol–water partition coefficient (Wildman–Crippen LogP) is 2.32. The van der Waals surface area contributed by atoms with Crippen molar-refractivity contribution in [3.05, 3.63) is 28.2 Å². The van der Waals surface area contributed by atoms with Gasteiger partial charge in [0.15, 0.2) is 9.84 Å². The molecule has 0 radical (unpaired) electrons. The van der Waals surface area contributed by atoms with Gasteiger partial charge in [-0.1, -0.05) is 15.9 Å². The lowest BCUT2D eigenvalue weighted by Crippen LogP contribution is -2.17. The van der Waals surface area contributed by atoms with Crippen molar-refractivity contribution in [3.8, 4) is 5.75 Å². The minimum Gasteiger partial charge on any atom is -0.489 e. The van der Waals surface area contributed by atoms with E-state index in [0.717, 1.165) is 15.8 Å². The maximum atomic E-state index is 11.3. The van der Waals surface area contributed by atoms with E-state index >= 15 is 0 Å². The summed E-state index contributed by atoms with van der Waals surface area (Å²) in [5.74, 6) is 1.12. The molecule has 0 N–H and O–H groups in total. The molecule has 0 aromatic heterocycles. The summed E-state index contributed by atoms with van der Waals surface area (Å²) in [6.45, 7) is 1.97. The first-order valence-corrected chi connectivity index (χ1v) is 7.71. The third-order valence-corrected chi connectivity index (χ3v) is 5.25. The van der Waals surface area contributed by atoms with Crippen LogP contribution in [-0.4, -0.2) is 26.0 Å². The van der Waals surface area contributed by atoms with E-state index in [-0.39, 0.29) is 17.6 Å². The molecule has 0 saturated carbocycles. The summed E-state index contributed by atoms with van der Waals surface area (Å²) in [6, 6.07) is 5.67. The molecule has 0 spiro atoms. The van der Waals surface area contributed by atoms with Crippen LogP contribution in [0.1, 0.15) is 12.0 Å². The molecule has 1 aromatic rings. The summed E-state index contributed by atoms with van der Waals surface area (Å²) < 4.78 is 29.2. The first-order chi connectivity index (χ1) is 7.46. The van der Waals surface area contributed by atoms with E-state index < -0.39 is 9.84 Å². The molecule has 1 fully saturated rings. The molecule has 1 aliphatic heterocycles. The van der Waals surface area contributed by atoms with Crippen molar-refractivity contribution in [1.82, 2.24) is 0 Å². The fourth-order valence-electron chi connectivity index (χ4n) is 1.74. The van der Waals surface area contributed by atoms with Gasteiger partial charge in [0.25, 0.3) is 0 Å². The van der Waals surface area contributed by atoms with Crippen LogP contribution in [0.4, 0.5) is 0 Å². The van der Waals surface area contributed by atoms with Gasteiger partial charge in [-0.2, -0.15) is 0 Å². The molecule has 1 aliphatic rings. The molecule has 0 amide bonds. The second-order valence-corrected chi connectivity index (χ2v) is 7.14. The van der Waals surface area contributed by atoms with Crippen LogP contribution in [0.25, 0.3) is 0 Å². The molecular weight excluding hydrogens is 292 g/mol. The summed E-state index contributed by atoms with van der Waals surface area (Å²) in [5, 5.41) is 0. The smallest absolute Gasteiger partial charge is 0.154 e. The van der Waals surface area contributed by atoms with Crippen LogP contribution in [0.2, 0.25) is 0 Å². The SMILES string of the molecule is Cc1cc(OC2CCS(=O)(=O)C2)ccc1Br. The highest BCUT2D eigenvalue weighted by Gasteiger charge is 2.29. The van der Waals surface area contributed by atoms with Gasteiger partial charge >= 0.3 is 0 Å².